The highest BCUT2D eigenvalue weighted by Gasteiger charge is 2.42. The molecule has 0 bridgehead atoms. The minimum Gasteiger partial charge on any atom is -0.496 e. The molecule has 3 rings (SSSR count). The molecule has 8 heteroatoms. The van der Waals surface area contributed by atoms with Gasteiger partial charge in [-0.2, -0.15) is 0 Å². The number of fused-ring (bicyclic) bond motifs is 1. The van der Waals surface area contributed by atoms with Crippen molar-refractivity contribution in [1.82, 2.24) is 4.90 Å². The number of aliphatic carboxylic acids is 1. The van der Waals surface area contributed by atoms with E-state index < -0.39 is 36.2 Å². The van der Waals surface area contributed by atoms with Crippen molar-refractivity contribution < 1.29 is 29.0 Å². The van der Waals surface area contributed by atoms with Gasteiger partial charge in [-0.1, -0.05) is 36.4 Å². The first kappa shape index (κ1) is 24.1. The number of amides is 2. The molecule has 2 aromatic carbocycles. The van der Waals surface area contributed by atoms with Gasteiger partial charge >= 0.3 is 12.1 Å². The van der Waals surface area contributed by atoms with Gasteiger partial charge in [0.25, 0.3) is 0 Å². The van der Waals surface area contributed by atoms with Gasteiger partial charge in [0, 0.05) is 13.0 Å². The van der Waals surface area contributed by atoms with Crippen LogP contribution in [-0.4, -0.2) is 59.8 Å². The number of benzene rings is 2. The summed E-state index contributed by atoms with van der Waals surface area (Å²) in [6.45, 7) is 4.97. The standard InChI is InChI=1S/C25H30N2O6/c1-25(2,3)33-24(31)27-19-11-7-5-10-18(19)15-20(27)23(30)26(16-22(28)29)14-13-17-9-6-8-12-21(17)32-4/h5-12,20H,13-16H2,1-4H3,(H,28,29)/t20-/m1/s1. The van der Waals surface area contributed by atoms with E-state index in [-0.39, 0.29) is 6.54 Å². The van der Waals surface area contributed by atoms with Gasteiger partial charge in [0.1, 0.15) is 23.9 Å². The third-order valence-electron chi connectivity index (χ3n) is 5.33. The highest BCUT2D eigenvalue weighted by Crippen LogP contribution is 2.34. The monoisotopic (exact) mass is 454 g/mol. The molecular weight excluding hydrogens is 424 g/mol. The molecule has 0 spiro atoms. The first-order chi connectivity index (χ1) is 15.6. The number of hydrogen-bond donors (Lipinski definition) is 1. The number of anilines is 1. The van der Waals surface area contributed by atoms with Crippen molar-refractivity contribution in [2.45, 2.75) is 45.3 Å². The minimum absolute atomic E-state index is 0.167. The fraction of sp³-hybridized carbons (Fsp3) is 0.400. The molecule has 1 atom stereocenters. The molecule has 0 radical (unpaired) electrons. The summed E-state index contributed by atoms with van der Waals surface area (Å²) in [6, 6.07) is 13.8. The summed E-state index contributed by atoms with van der Waals surface area (Å²) in [5.74, 6) is -0.888. The van der Waals surface area contributed by atoms with Gasteiger partial charge in [-0.15, -0.1) is 0 Å². The smallest absolute Gasteiger partial charge is 0.415 e. The zero-order valence-corrected chi connectivity index (χ0v) is 19.4. The average molecular weight is 455 g/mol. The summed E-state index contributed by atoms with van der Waals surface area (Å²) in [5.41, 5.74) is 1.56. The maximum atomic E-state index is 13.6. The van der Waals surface area contributed by atoms with Crippen LogP contribution in [0.1, 0.15) is 31.9 Å². The van der Waals surface area contributed by atoms with Crippen molar-refractivity contribution in [3.05, 3.63) is 59.7 Å². The van der Waals surface area contributed by atoms with Crippen LogP contribution in [0.5, 0.6) is 5.75 Å². The average Bonchev–Trinajstić information content (AvgIpc) is 3.14. The van der Waals surface area contributed by atoms with Gasteiger partial charge in [-0.05, 0) is 50.5 Å². The lowest BCUT2D eigenvalue weighted by Gasteiger charge is -2.31. The van der Waals surface area contributed by atoms with Gasteiger partial charge in [-0.25, -0.2) is 4.79 Å². The van der Waals surface area contributed by atoms with Crippen molar-refractivity contribution in [2.75, 3.05) is 25.1 Å². The molecule has 2 aromatic rings. The third kappa shape index (κ3) is 5.83. The van der Waals surface area contributed by atoms with E-state index in [1.165, 1.54) is 9.80 Å². The molecule has 2 amide bonds. The van der Waals surface area contributed by atoms with Gasteiger partial charge in [0.2, 0.25) is 5.91 Å². The Labute approximate surface area is 193 Å². The molecule has 0 fully saturated rings. The molecule has 0 aromatic heterocycles. The molecule has 1 N–H and O–H groups in total. The molecule has 33 heavy (non-hydrogen) atoms. The normalized spacial score (nSPS) is 15.0. The molecule has 1 heterocycles. The Kier molecular flexibility index (Phi) is 7.26. The number of hydrogen-bond acceptors (Lipinski definition) is 5. The number of methoxy groups -OCH3 is 1. The van der Waals surface area contributed by atoms with Gasteiger partial charge in [-0.3, -0.25) is 14.5 Å². The Balaban J connectivity index is 1.87. The Morgan fingerprint density at radius 2 is 1.76 bits per heavy atom. The molecule has 176 valence electrons. The molecule has 1 aliphatic rings. The van der Waals surface area contributed by atoms with Crippen LogP contribution < -0.4 is 9.64 Å². The molecule has 0 saturated carbocycles. The molecular formula is C25H30N2O6. The van der Waals surface area contributed by atoms with E-state index in [4.69, 9.17) is 9.47 Å². The SMILES string of the molecule is COc1ccccc1CCN(CC(=O)O)C(=O)[C@H]1Cc2ccccc2N1C(=O)OC(C)(C)C. The number of carbonyl (C=O) groups excluding carboxylic acids is 2. The van der Waals surface area contributed by atoms with Crippen LogP contribution in [-0.2, 0) is 27.2 Å². The van der Waals surface area contributed by atoms with Gasteiger partial charge in [0.05, 0.1) is 12.8 Å². The number of para-hydroxylation sites is 2. The quantitative estimate of drug-likeness (QED) is 0.688. The van der Waals surface area contributed by atoms with Crippen LogP contribution in [0.4, 0.5) is 10.5 Å². The second kappa shape index (κ2) is 9.94. The fourth-order valence-electron chi connectivity index (χ4n) is 3.93. The number of rotatable bonds is 7. The van der Waals surface area contributed by atoms with Crippen LogP contribution in [0.3, 0.4) is 0 Å². The number of carbonyl (C=O) groups is 3. The van der Waals surface area contributed by atoms with Gasteiger partial charge in [0.15, 0.2) is 0 Å². The maximum Gasteiger partial charge on any atom is 0.415 e. The summed E-state index contributed by atoms with van der Waals surface area (Å²) in [6.07, 6.45) is 0.0690. The first-order valence-corrected chi connectivity index (χ1v) is 10.8. The first-order valence-electron chi connectivity index (χ1n) is 10.8. The number of carboxylic acids is 1. The van der Waals surface area contributed by atoms with Crippen LogP contribution in [0.25, 0.3) is 0 Å². The molecule has 0 unspecified atom stereocenters. The summed E-state index contributed by atoms with van der Waals surface area (Å²) >= 11 is 0. The van der Waals surface area contributed by atoms with E-state index in [9.17, 15) is 19.5 Å². The summed E-state index contributed by atoms with van der Waals surface area (Å²) in [7, 11) is 1.56. The zero-order valence-electron chi connectivity index (χ0n) is 19.4. The van der Waals surface area contributed by atoms with E-state index in [1.807, 2.05) is 36.4 Å². The highest BCUT2D eigenvalue weighted by atomic mass is 16.6. The lowest BCUT2D eigenvalue weighted by molar-refractivity contribution is -0.144. The van der Waals surface area contributed by atoms with Crippen molar-refractivity contribution in [1.29, 1.82) is 0 Å². The maximum absolute atomic E-state index is 13.6. The van der Waals surface area contributed by atoms with E-state index >= 15 is 0 Å². The third-order valence-corrected chi connectivity index (χ3v) is 5.33. The lowest BCUT2D eigenvalue weighted by Crippen LogP contribution is -2.52. The second-order valence-electron chi connectivity index (χ2n) is 8.91. The van der Waals surface area contributed by atoms with E-state index in [0.717, 1.165) is 11.1 Å². The Morgan fingerprint density at radius 3 is 2.42 bits per heavy atom. The topological polar surface area (TPSA) is 96.4 Å². The molecule has 8 nitrogen and oxygen atoms in total. The van der Waals surface area contributed by atoms with Crippen molar-refractivity contribution in [3.8, 4) is 5.75 Å². The van der Waals surface area contributed by atoms with Crippen LogP contribution in [0.15, 0.2) is 48.5 Å². The summed E-state index contributed by atoms with van der Waals surface area (Å²) in [5, 5.41) is 9.45. The Bertz CT molecular complexity index is 1030. The van der Waals surface area contributed by atoms with E-state index in [0.29, 0.717) is 24.3 Å². The van der Waals surface area contributed by atoms with Crippen molar-refractivity contribution in [2.24, 2.45) is 0 Å². The number of ether oxygens (including phenoxy) is 2. The largest absolute Gasteiger partial charge is 0.496 e. The molecule has 0 aliphatic carbocycles. The molecule has 1 aliphatic heterocycles. The van der Waals surface area contributed by atoms with Crippen LogP contribution in [0.2, 0.25) is 0 Å². The van der Waals surface area contributed by atoms with E-state index in [2.05, 4.69) is 0 Å². The predicted octanol–water partition coefficient (Wildman–Crippen LogP) is 3.52. The number of carboxylic acid groups (broad SMARTS) is 1. The zero-order chi connectivity index (χ0) is 24.2. The summed E-state index contributed by atoms with van der Waals surface area (Å²) in [4.78, 5) is 40.8. The van der Waals surface area contributed by atoms with Gasteiger partial charge < -0.3 is 19.5 Å². The fourth-order valence-corrected chi connectivity index (χ4v) is 3.93. The summed E-state index contributed by atoms with van der Waals surface area (Å²) < 4.78 is 10.9. The van der Waals surface area contributed by atoms with Crippen LogP contribution >= 0.6 is 0 Å². The van der Waals surface area contributed by atoms with Crippen molar-refractivity contribution in [3.63, 3.8) is 0 Å². The predicted molar refractivity (Wildman–Crippen MR) is 124 cm³/mol. The van der Waals surface area contributed by atoms with Crippen LogP contribution in [0, 0.1) is 0 Å². The Morgan fingerprint density at radius 1 is 1.09 bits per heavy atom. The Hall–Kier alpha value is -3.55. The minimum atomic E-state index is -1.12. The second-order valence-corrected chi connectivity index (χ2v) is 8.91. The van der Waals surface area contributed by atoms with Crippen molar-refractivity contribution >= 4 is 23.7 Å². The highest BCUT2D eigenvalue weighted by molar-refractivity contribution is 6.01. The number of nitrogens with zero attached hydrogens (tertiary/aromatic N) is 2. The van der Waals surface area contributed by atoms with E-state index in [1.54, 1.807) is 40.0 Å². The molecule has 0 saturated heterocycles. The lowest BCUT2D eigenvalue weighted by atomic mass is 10.1.